The van der Waals surface area contributed by atoms with Crippen LogP contribution in [0.3, 0.4) is 0 Å². The molecule has 0 amide bonds. The van der Waals surface area contributed by atoms with Gasteiger partial charge in [-0.2, -0.15) is 0 Å². The van der Waals surface area contributed by atoms with Gasteiger partial charge < -0.3 is 0 Å². The van der Waals surface area contributed by atoms with Gasteiger partial charge in [0.25, 0.3) is 0 Å². The number of nitrogens with zero attached hydrogens (tertiary/aromatic N) is 1. The van der Waals surface area contributed by atoms with Crippen molar-refractivity contribution in [2.24, 2.45) is 11.8 Å². The van der Waals surface area contributed by atoms with E-state index in [1.807, 2.05) is 0 Å². The van der Waals surface area contributed by atoms with Crippen LogP contribution < -0.4 is 4.46 Å². The molecule has 1 aliphatic carbocycles. The molecule has 2 saturated heterocycles. The summed E-state index contributed by atoms with van der Waals surface area (Å²) in [4.78, 5) is 2.67. The Labute approximate surface area is 200 Å². The van der Waals surface area contributed by atoms with Gasteiger partial charge in [-0.1, -0.05) is 0 Å². The van der Waals surface area contributed by atoms with Crippen molar-refractivity contribution in [1.29, 1.82) is 0 Å². The van der Waals surface area contributed by atoms with Crippen molar-refractivity contribution < 1.29 is 9.47 Å². The predicted octanol–water partition coefficient (Wildman–Crippen LogP) is 5.21. The fraction of sp³-hybridized carbons (Fsp3) is 0.571. The van der Waals surface area contributed by atoms with E-state index in [0.29, 0.717) is 27.0 Å². The van der Waals surface area contributed by atoms with Crippen LogP contribution in [-0.2, 0) is 9.47 Å². The molecule has 0 unspecified atom stereocenters. The standard InChI is InChI=1S/C28H37NO2Se/c1-20-15-16-23-24(17-20)30-26-25(21-11-7-5-8-12-21)31-28(4,18-29(26)27(23,2)3)19-32-22-13-9-6-10-14-22/h5-14,20,23-26H,15-19H2,1-4H3/t20-,23-,24-,25+,26+,28+/m1/s1. The molecule has 2 aromatic carbocycles. The van der Waals surface area contributed by atoms with E-state index in [4.69, 9.17) is 9.47 Å². The first-order valence-electron chi connectivity index (χ1n) is 12.2. The molecule has 0 radical (unpaired) electrons. The summed E-state index contributed by atoms with van der Waals surface area (Å²) in [7, 11) is 0. The first kappa shape index (κ1) is 22.6. The van der Waals surface area contributed by atoms with Gasteiger partial charge >= 0.3 is 200 Å². The van der Waals surface area contributed by atoms with Gasteiger partial charge in [-0.25, -0.2) is 0 Å². The average Bonchev–Trinajstić information content (AvgIpc) is 2.79. The van der Waals surface area contributed by atoms with Gasteiger partial charge in [0.05, 0.1) is 0 Å². The number of benzene rings is 2. The van der Waals surface area contributed by atoms with Gasteiger partial charge in [-0.05, 0) is 0 Å². The van der Waals surface area contributed by atoms with E-state index in [1.165, 1.54) is 29.3 Å². The Balaban J connectivity index is 1.46. The Morgan fingerprint density at radius 2 is 1.66 bits per heavy atom. The Hall–Kier alpha value is -1.16. The van der Waals surface area contributed by atoms with Crippen molar-refractivity contribution >= 4 is 19.4 Å². The Morgan fingerprint density at radius 1 is 0.969 bits per heavy atom. The van der Waals surface area contributed by atoms with Gasteiger partial charge in [0.15, 0.2) is 0 Å². The third kappa shape index (κ3) is 4.33. The van der Waals surface area contributed by atoms with Crippen LogP contribution in [-0.4, -0.2) is 49.9 Å². The minimum atomic E-state index is -0.192. The van der Waals surface area contributed by atoms with E-state index in [2.05, 4.69) is 93.3 Å². The van der Waals surface area contributed by atoms with Crippen molar-refractivity contribution in [3.8, 4) is 0 Å². The fourth-order valence-corrected chi connectivity index (χ4v) is 8.14. The summed E-state index contributed by atoms with van der Waals surface area (Å²) in [5.41, 5.74) is 1.15. The molecule has 32 heavy (non-hydrogen) atoms. The molecule has 4 heteroatoms. The maximum absolute atomic E-state index is 7.00. The molecular weight excluding hydrogens is 461 g/mol. The second-order valence-corrected chi connectivity index (χ2v) is 13.1. The predicted molar refractivity (Wildman–Crippen MR) is 131 cm³/mol. The van der Waals surface area contributed by atoms with E-state index in [9.17, 15) is 0 Å². The quantitative estimate of drug-likeness (QED) is 0.541. The molecule has 3 aliphatic rings. The molecule has 2 aromatic rings. The second kappa shape index (κ2) is 8.89. The van der Waals surface area contributed by atoms with E-state index in [-0.39, 0.29) is 23.5 Å². The molecule has 3 fully saturated rings. The van der Waals surface area contributed by atoms with Crippen LogP contribution in [0.15, 0.2) is 60.7 Å². The van der Waals surface area contributed by atoms with E-state index in [0.717, 1.165) is 17.8 Å². The Bertz CT molecular complexity index is 904. The summed E-state index contributed by atoms with van der Waals surface area (Å²) in [6, 6.07) is 21.7. The number of fused-ring (bicyclic) bond motifs is 2. The molecule has 5 rings (SSSR count). The molecule has 2 aliphatic heterocycles. The molecule has 0 bridgehead atoms. The van der Waals surface area contributed by atoms with Crippen LogP contribution >= 0.6 is 0 Å². The fourth-order valence-electron chi connectivity index (χ4n) is 6.08. The first-order valence-corrected chi connectivity index (χ1v) is 14.3. The van der Waals surface area contributed by atoms with Crippen molar-refractivity contribution in [1.82, 2.24) is 4.90 Å². The van der Waals surface area contributed by atoms with Crippen molar-refractivity contribution in [3.63, 3.8) is 0 Å². The average molecular weight is 499 g/mol. The van der Waals surface area contributed by atoms with Crippen LogP contribution in [0.5, 0.6) is 0 Å². The van der Waals surface area contributed by atoms with Crippen LogP contribution in [0.25, 0.3) is 0 Å². The third-order valence-electron chi connectivity index (χ3n) is 7.91. The first-order chi connectivity index (χ1) is 15.4. The normalized spacial score (nSPS) is 36.8. The van der Waals surface area contributed by atoms with Gasteiger partial charge in [0.2, 0.25) is 0 Å². The zero-order chi connectivity index (χ0) is 22.3. The molecule has 172 valence electrons. The molecule has 2 heterocycles. The number of ether oxygens (including phenoxy) is 2. The zero-order valence-electron chi connectivity index (χ0n) is 19.9. The molecule has 0 N–H and O–H groups in total. The zero-order valence-corrected chi connectivity index (χ0v) is 21.6. The van der Waals surface area contributed by atoms with E-state index >= 15 is 0 Å². The molecule has 0 aromatic heterocycles. The molecule has 1 saturated carbocycles. The van der Waals surface area contributed by atoms with Crippen LogP contribution in [0.4, 0.5) is 0 Å². The van der Waals surface area contributed by atoms with Gasteiger partial charge in [-0.15, -0.1) is 0 Å². The summed E-state index contributed by atoms with van der Waals surface area (Å²) in [5, 5.41) is 1.07. The maximum atomic E-state index is 7.00. The third-order valence-corrected chi connectivity index (χ3v) is 10.8. The second-order valence-electron chi connectivity index (χ2n) is 10.9. The summed E-state index contributed by atoms with van der Waals surface area (Å²) >= 11 is 0.383. The van der Waals surface area contributed by atoms with Crippen LogP contribution in [0.1, 0.15) is 58.6 Å². The number of hydrogen-bond donors (Lipinski definition) is 0. The minimum absolute atomic E-state index is 0.0174. The summed E-state index contributed by atoms with van der Waals surface area (Å²) in [5.74, 6) is 1.34. The molecule has 0 spiro atoms. The Kier molecular flexibility index (Phi) is 6.28. The van der Waals surface area contributed by atoms with Gasteiger partial charge in [0.1, 0.15) is 0 Å². The number of hydrogen-bond acceptors (Lipinski definition) is 3. The van der Waals surface area contributed by atoms with E-state index in [1.54, 1.807) is 0 Å². The van der Waals surface area contributed by atoms with Crippen LogP contribution in [0.2, 0.25) is 5.32 Å². The summed E-state index contributed by atoms with van der Waals surface area (Å²) < 4.78 is 15.4. The van der Waals surface area contributed by atoms with E-state index < -0.39 is 0 Å². The SMILES string of the molecule is C[C@@H]1CC[C@@H]2[C@@H](C1)O[C@H]1[C@H](c3ccccc3)O[C@](C)(C[Se]c3ccccc3)CN1C2(C)C. The van der Waals surface area contributed by atoms with Crippen LogP contribution in [0, 0.1) is 11.8 Å². The molecular formula is C28H37NO2Se. The number of morpholine rings is 1. The van der Waals surface area contributed by atoms with Crippen molar-refractivity contribution in [3.05, 3.63) is 66.2 Å². The van der Waals surface area contributed by atoms with Gasteiger partial charge in [-0.3, -0.25) is 0 Å². The molecule has 6 atom stereocenters. The topological polar surface area (TPSA) is 21.7 Å². The monoisotopic (exact) mass is 499 g/mol. The Morgan fingerprint density at radius 3 is 2.38 bits per heavy atom. The molecule has 3 nitrogen and oxygen atoms in total. The van der Waals surface area contributed by atoms with Crippen molar-refractivity contribution in [2.75, 3.05) is 6.54 Å². The van der Waals surface area contributed by atoms with Gasteiger partial charge in [0, 0.05) is 0 Å². The number of rotatable bonds is 4. The van der Waals surface area contributed by atoms with Crippen molar-refractivity contribution in [2.45, 2.75) is 81.9 Å². The summed E-state index contributed by atoms with van der Waals surface area (Å²) in [6.45, 7) is 10.6. The summed E-state index contributed by atoms with van der Waals surface area (Å²) in [6.07, 6.45) is 4.02.